The van der Waals surface area contributed by atoms with Gasteiger partial charge in [-0.25, -0.2) is 0 Å². The Hall–Kier alpha value is -1.85. The number of aromatic nitrogens is 1. The molecule has 0 aliphatic rings. The molecule has 0 unspecified atom stereocenters. The lowest BCUT2D eigenvalue weighted by Gasteiger charge is -2.07. The molecular weight excluding hydrogens is 266 g/mol. The van der Waals surface area contributed by atoms with Crippen LogP contribution in [0.1, 0.15) is 12.5 Å². The van der Waals surface area contributed by atoms with Gasteiger partial charge < -0.3 is 19.9 Å². The van der Waals surface area contributed by atoms with Crippen LogP contribution in [-0.4, -0.2) is 38.8 Å². The number of nitrogens with two attached hydrogens (primary N) is 1. The maximum Gasteiger partial charge on any atom is 0.257 e. The summed E-state index contributed by atoms with van der Waals surface area (Å²) in [7, 11) is 4.26. The van der Waals surface area contributed by atoms with E-state index in [-0.39, 0.29) is 5.56 Å². The number of aromatic amines is 1. The largest absolute Gasteiger partial charge is 0.494 e. The van der Waals surface area contributed by atoms with E-state index in [1.807, 2.05) is 31.2 Å². The molecule has 0 radical (unpaired) electrons. The molecule has 0 saturated carbocycles. The van der Waals surface area contributed by atoms with Gasteiger partial charge in [-0.3, -0.25) is 4.79 Å². The molecule has 5 nitrogen and oxygen atoms in total. The Balaban J connectivity index is 2.15. The van der Waals surface area contributed by atoms with Gasteiger partial charge in [-0.15, -0.1) is 0 Å². The third-order valence-corrected chi connectivity index (χ3v) is 3.42. The molecule has 0 spiro atoms. The average molecular weight is 291 g/mol. The maximum absolute atomic E-state index is 12.1. The maximum atomic E-state index is 12.1. The van der Waals surface area contributed by atoms with Crippen molar-refractivity contribution in [2.75, 3.05) is 33.8 Å². The van der Waals surface area contributed by atoms with Gasteiger partial charge in [-0.2, -0.15) is 0 Å². The van der Waals surface area contributed by atoms with E-state index >= 15 is 0 Å². The van der Waals surface area contributed by atoms with Crippen molar-refractivity contribution >= 4 is 10.9 Å². The zero-order valence-electron chi connectivity index (χ0n) is 13.0. The van der Waals surface area contributed by atoms with Crippen LogP contribution in [0.3, 0.4) is 0 Å². The Morgan fingerprint density at radius 1 is 1.29 bits per heavy atom. The Bertz CT molecular complexity index is 650. The number of likely N-dealkylation sites (N-methyl/N-ethyl adjacent to an activating group) is 1. The van der Waals surface area contributed by atoms with E-state index in [1.165, 1.54) is 4.90 Å². The second-order valence-corrected chi connectivity index (χ2v) is 5.54. The average Bonchev–Trinajstić information content (AvgIpc) is 2.44. The lowest BCUT2D eigenvalue weighted by molar-refractivity contribution is -0.875. The number of ether oxygens (including phenoxy) is 1. The lowest BCUT2D eigenvalue weighted by atomic mass is 10.1. The van der Waals surface area contributed by atoms with Crippen LogP contribution < -0.4 is 20.5 Å². The Labute approximate surface area is 124 Å². The molecule has 0 saturated heterocycles. The van der Waals surface area contributed by atoms with E-state index in [0.29, 0.717) is 13.2 Å². The molecule has 0 amide bonds. The highest BCUT2D eigenvalue weighted by atomic mass is 16.5. The van der Waals surface area contributed by atoms with E-state index < -0.39 is 0 Å². The Morgan fingerprint density at radius 3 is 2.81 bits per heavy atom. The number of H-pyrrole nitrogens is 1. The molecule has 0 fully saturated rings. The second kappa shape index (κ2) is 7.24. The van der Waals surface area contributed by atoms with Crippen LogP contribution in [-0.2, 0) is 6.54 Å². The van der Waals surface area contributed by atoms with Crippen molar-refractivity contribution in [2.45, 2.75) is 13.5 Å². The first kappa shape index (κ1) is 15.5. The first-order valence-corrected chi connectivity index (χ1v) is 7.49. The number of benzene rings is 1. The molecule has 5 heteroatoms. The fraction of sp³-hybridized carbons (Fsp3) is 0.438. The quantitative estimate of drug-likeness (QED) is 0.581. The number of quaternary nitrogens is 2. The summed E-state index contributed by atoms with van der Waals surface area (Å²) in [6.45, 7) is 5.41. The van der Waals surface area contributed by atoms with Gasteiger partial charge in [0.05, 0.1) is 26.3 Å². The highest BCUT2D eigenvalue weighted by Gasteiger charge is 2.06. The van der Waals surface area contributed by atoms with Crippen molar-refractivity contribution in [3.8, 4) is 5.75 Å². The van der Waals surface area contributed by atoms with Gasteiger partial charge in [0, 0.05) is 10.9 Å². The summed E-state index contributed by atoms with van der Waals surface area (Å²) in [4.78, 5) is 16.4. The highest BCUT2D eigenvalue weighted by molar-refractivity contribution is 5.80. The SMILES string of the molecule is CCOc1ccc2[nH]c(=O)c(C[NH2+]CC[NH+](C)C)cc2c1. The van der Waals surface area contributed by atoms with Gasteiger partial charge in [-0.1, -0.05) is 0 Å². The fourth-order valence-electron chi connectivity index (χ4n) is 2.29. The van der Waals surface area contributed by atoms with Gasteiger partial charge >= 0.3 is 0 Å². The molecule has 0 aliphatic carbocycles. The summed E-state index contributed by atoms with van der Waals surface area (Å²) >= 11 is 0. The van der Waals surface area contributed by atoms with Crippen LogP contribution >= 0.6 is 0 Å². The zero-order chi connectivity index (χ0) is 15.2. The summed E-state index contributed by atoms with van der Waals surface area (Å²) in [5, 5.41) is 3.19. The molecule has 0 bridgehead atoms. The summed E-state index contributed by atoms with van der Waals surface area (Å²) < 4.78 is 5.51. The normalized spacial score (nSPS) is 11.2. The highest BCUT2D eigenvalue weighted by Crippen LogP contribution is 2.18. The monoisotopic (exact) mass is 291 g/mol. The number of fused-ring (bicyclic) bond motifs is 1. The number of nitrogens with one attached hydrogen (secondary N) is 2. The third kappa shape index (κ3) is 4.31. The van der Waals surface area contributed by atoms with E-state index in [9.17, 15) is 4.79 Å². The minimum atomic E-state index is 0.000102. The van der Waals surface area contributed by atoms with Gasteiger partial charge in [0.25, 0.3) is 5.56 Å². The summed E-state index contributed by atoms with van der Waals surface area (Å²) in [5.41, 5.74) is 1.66. The molecule has 114 valence electrons. The van der Waals surface area contributed by atoms with Gasteiger partial charge in [-0.05, 0) is 31.2 Å². The van der Waals surface area contributed by atoms with Gasteiger partial charge in [0.2, 0.25) is 0 Å². The smallest absolute Gasteiger partial charge is 0.257 e. The number of pyridine rings is 1. The van der Waals surface area contributed by atoms with Crippen LogP contribution in [0.2, 0.25) is 0 Å². The summed E-state index contributed by atoms with van der Waals surface area (Å²) in [6, 6.07) is 7.72. The van der Waals surface area contributed by atoms with Gasteiger partial charge in [0.15, 0.2) is 0 Å². The molecular formula is C16H25N3O2+2. The van der Waals surface area contributed by atoms with Crippen molar-refractivity contribution in [3.05, 3.63) is 40.2 Å². The first-order chi connectivity index (χ1) is 10.1. The summed E-state index contributed by atoms with van der Waals surface area (Å²) in [5.74, 6) is 0.836. The third-order valence-electron chi connectivity index (χ3n) is 3.42. The molecule has 0 atom stereocenters. The topological polar surface area (TPSA) is 63.1 Å². The lowest BCUT2D eigenvalue weighted by Crippen LogP contribution is -3.09. The molecule has 1 aromatic heterocycles. The minimum absolute atomic E-state index is 0.000102. The van der Waals surface area contributed by atoms with Gasteiger partial charge in [0.1, 0.15) is 25.4 Å². The van der Waals surface area contributed by atoms with Crippen molar-refractivity contribution in [1.29, 1.82) is 0 Å². The van der Waals surface area contributed by atoms with Crippen LogP contribution in [0.5, 0.6) is 5.75 Å². The zero-order valence-corrected chi connectivity index (χ0v) is 13.0. The van der Waals surface area contributed by atoms with Crippen molar-refractivity contribution < 1.29 is 15.0 Å². The summed E-state index contributed by atoms with van der Waals surface area (Å²) in [6.07, 6.45) is 0. The van der Waals surface area contributed by atoms with Crippen LogP contribution in [0.15, 0.2) is 29.1 Å². The first-order valence-electron chi connectivity index (χ1n) is 7.49. The molecule has 1 aromatic carbocycles. The standard InChI is InChI=1S/C16H23N3O2/c1-4-21-14-5-6-15-12(10-14)9-13(16(20)18-15)11-17-7-8-19(2)3/h5-6,9-10,17H,4,7-8,11H2,1-3H3,(H,18,20)/p+2. The number of rotatable bonds is 7. The van der Waals surface area contributed by atoms with Crippen molar-refractivity contribution in [2.24, 2.45) is 0 Å². The fourth-order valence-corrected chi connectivity index (χ4v) is 2.29. The van der Waals surface area contributed by atoms with Crippen LogP contribution in [0.4, 0.5) is 0 Å². The van der Waals surface area contributed by atoms with E-state index in [0.717, 1.165) is 35.3 Å². The second-order valence-electron chi connectivity index (χ2n) is 5.54. The number of hydrogen-bond acceptors (Lipinski definition) is 2. The molecule has 1 heterocycles. The number of hydrogen-bond donors (Lipinski definition) is 3. The Morgan fingerprint density at radius 2 is 2.10 bits per heavy atom. The van der Waals surface area contributed by atoms with Crippen molar-refractivity contribution in [3.63, 3.8) is 0 Å². The molecule has 2 aromatic rings. The predicted octanol–water partition coefficient (Wildman–Crippen LogP) is -0.865. The van der Waals surface area contributed by atoms with E-state index in [4.69, 9.17) is 4.74 Å². The Kier molecular flexibility index (Phi) is 5.36. The van der Waals surface area contributed by atoms with Crippen LogP contribution in [0.25, 0.3) is 10.9 Å². The minimum Gasteiger partial charge on any atom is -0.494 e. The predicted molar refractivity (Wildman–Crippen MR) is 83.9 cm³/mol. The molecule has 4 N–H and O–H groups in total. The van der Waals surface area contributed by atoms with E-state index in [1.54, 1.807) is 0 Å². The van der Waals surface area contributed by atoms with Crippen molar-refractivity contribution in [1.82, 2.24) is 4.98 Å². The van der Waals surface area contributed by atoms with E-state index in [2.05, 4.69) is 24.4 Å². The molecule has 0 aliphatic heterocycles. The molecule has 21 heavy (non-hydrogen) atoms. The molecule has 2 rings (SSSR count). The van der Waals surface area contributed by atoms with Crippen LogP contribution in [0, 0.1) is 0 Å².